The maximum Gasteiger partial charge on any atom is 0.225 e. The molecule has 2 aromatic rings. The molecule has 0 bridgehead atoms. The molecule has 0 unspecified atom stereocenters. The molecule has 0 fully saturated rings. The van der Waals surface area contributed by atoms with Gasteiger partial charge in [0.25, 0.3) is 0 Å². The van der Waals surface area contributed by atoms with Gasteiger partial charge in [-0.05, 0) is 43.4 Å². The molecule has 2 rings (SSSR count). The lowest BCUT2D eigenvalue weighted by Gasteiger charge is -2.14. The first-order valence-electron chi connectivity index (χ1n) is 10.8. The fourth-order valence-corrected chi connectivity index (χ4v) is 3.00. The number of aromatic nitrogens is 2. The van der Waals surface area contributed by atoms with Crippen LogP contribution in [0.2, 0.25) is 0 Å². The largest absolute Gasteiger partial charge is 0.356 e. The number of anilines is 1. The number of rotatable bonds is 9. The van der Waals surface area contributed by atoms with Crippen molar-refractivity contribution in [1.29, 1.82) is 0 Å². The first kappa shape index (κ1) is 23.6. The number of aryl methyl sites for hydroxylation is 1. The number of hydrogen-bond donors (Lipinski definition) is 2. The zero-order valence-corrected chi connectivity index (χ0v) is 19.2. The molecule has 0 aliphatic heterocycles. The summed E-state index contributed by atoms with van der Waals surface area (Å²) >= 11 is 0. The SMILES string of the molecule is Cc1cccc(-n2nc(C(C)(C)C)cc2NC(=O)CCCC(=O)NCCC(C)C)c1. The van der Waals surface area contributed by atoms with Crippen LogP contribution in [0.1, 0.15) is 71.6 Å². The van der Waals surface area contributed by atoms with Crippen LogP contribution in [0.25, 0.3) is 5.69 Å². The molecule has 0 saturated carbocycles. The van der Waals surface area contributed by atoms with Crippen LogP contribution in [0.4, 0.5) is 5.82 Å². The molecule has 0 spiro atoms. The van der Waals surface area contributed by atoms with Crippen LogP contribution in [0.15, 0.2) is 30.3 Å². The summed E-state index contributed by atoms with van der Waals surface area (Å²) in [4.78, 5) is 24.4. The second kappa shape index (κ2) is 10.4. The van der Waals surface area contributed by atoms with E-state index in [1.165, 1.54) is 0 Å². The predicted molar refractivity (Wildman–Crippen MR) is 122 cm³/mol. The first-order chi connectivity index (χ1) is 14.1. The molecule has 1 aromatic heterocycles. The van der Waals surface area contributed by atoms with Crippen LogP contribution in [0.5, 0.6) is 0 Å². The van der Waals surface area contributed by atoms with Crippen molar-refractivity contribution in [3.05, 3.63) is 41.6 Å². The molecule has 0 saturated heterocycles. The summed E-state index contributed by atoms with van der Waals surface area (Å²) in [5.74, 6) is 1.10. The first-order valence-corrected chi connectivity index (χ1v) is 10.8. The number of nitrogens with zero attached hydrogens (tertiary/aromatic N) is 2. The molecule has 2 N–H and O–H groups in total. The van der Waals surface area contributed by atoms with Gasteiger partial charge in [0.1, 0.15) is 5.82 Å². The Balaban J connectivity index is 2.00. The van der Waals surface area contributed by atoms with Gasteiger partial charge in [-0.25, -0.2) is 4.68 Å². The van der Waals surface area contributed by atoms with Gasteiger partial charge in [0.2, 0.25) is 11.8 Å². The van der Waals surface area contributed by atoms with Gasteiger partial charge in [0, 0.05) is 30.9 Å². The van der Waals surface area contributed by atoms with Crippen molar-refractivity contribution in [1.82, 2.24) is 15.1 Å². The van der Waals surface area contributed by atoms with Gasteiger partial charge in [-0.3, -0.25) is 9.59 Å². The van der Waals surface area contributed by atoms with E-state index in [-0.39, 0.29) is 17.2 Å². The smallest absolute Gasteiger partial charge is 0.225 e. The summed E-state index contributed by atoms with van der Waals surface area (Å²) in [6.07, 6.45) is 2.13. The predicted octanol–water partition coefficient (Wildman–Crippen LogP) is 4.75. The topological polar surface area (TPSA) is 76.0 Å². The molecule has 0 aliphatic carbocycles. The summed E-state index contributed by atoms with van der Waals surface area (Å²) < 4.78 is 1.78. The lowest BCUT2D eigenvalue weighted by Crippen LogP contribution is -2.25. The minimum absolute atomic E-state index is 0.00303. The summed E-state index contributed by atoms with van der Waals surface area (Å²) in [5, 5.41) is 10.6. The van der Waals surface area contributed by atoms with Gasteiger partial charge in [-0.2, -0.15) is 5.10 Å². The summed E-state index contributed by atoms with van der Waals surface area (Å²) in [7, 11) is 0. The highest BCUT2D eigenvalue weighted by molar-refractivity contribution is 5.90. The molecule has 0 radical (unpaired) electrons. The highest BCUT2D eigenvalue weighted by Gasteiger charge is 2.21. The van der Waals surface area contributed by atoms with Gasteiger partial charge in [0.15, 0.2) is 0 Å². The minimum atomic E-state index is -0.136. The van der Waals surface area contributed by atoms with Gasteiger partial charge in [-0.1, -0.05) is 46.8 Å². The molecule has 6 nitrogen and oxygen atoms in total. The van der Waals surface area contributed by atoms with Crippen molar-refractivity contribution < 1.29 is 9.59 Å². The minimum Gasteiger partial charge on any atom is -0.356 e. The van der Waals surface area contributed by atoms with E-state index in [4.69, 9.17) is 5.10 Å². The third kappa shape index (κ3) is 7.32. The maximum absolute atomic E-state index is 12.5. The third-order valence-corrected chi connectivity index (χ3v) is 4.84. The van der Waals surface area contributed by atoms with Gasteiger partial charge >= 0.3 is 0 Å². The maximum atomic E-state index is 12.5. The van der Waals surface area contributed by atoms with Crippen LogP contribution < -0.4 is 10.6 Å². The van der Waals surface area contributed by atoms with Gasteiger partial charge in [0.05, 0.1) is 11.4 Å². The highest BCUT2D eigenvalue weighted by Crippen LogP contribution is 2.26. The Hall–Kier alpha value is -2.63. The normalized spacial score (nSPS) is 11.6. The fourth-order valence-electron chi connectivity index (χ4n) is 3.00. The lowest BCUT2D eigenvalue weighted by molar-refractivity contribution is -0.121. The quantitative estimate of drug-likeness (QED) is 0.624. The second-order valence-corrected chi connectivity index (χ2v) is 9.35. The van der Waals surface area contributed by atoms with Crippen molar-refractivity contribution in [2.75, 3.05) is 11.9 Å². The Labute approximate surface area is 180 Å². The number of amides is 2. The van der Waals surface area contributed by atoms with E-state index in [1.54, 1.807) is 4.68 Å². The van der Waals surface area contributed by atoms with Crippen molar-refractivity contribution in [3.8, 4) is 5.69 Å². The standard InChI is InChI=1S/C24H36N4O2/c1-17(2)13-14-25-22(29)11-8-12-23(30)26-21-16-20(24(4,5)6)27-28(21)19-10-7-9-18(3)15-19/h7,9-10,15-17H,8,11-14H2,1-6H3,(H,25,29)(H,26,30). The number of hydrogen-bond acceptors (Lipinski definition) is 3. The summed E-state index contributed by atoms with van der Waals surface area (Å²) in [6.45, 7) is 13.3. The van der Waals surface area contributed by atoms with Crippen molar-refractivity contribution in [2.24, 2.45) is 5.92 Å². The number of carbonyl (C=O) groups is 2. The van der Waals surface area contributed by atoms with E-state index in [0.717, 1.165) is 23.4 Å². The average Bonchev–Trinajstić information content (AvgIpc) is 3.05. The van der Waals surface area contributed by atoms with Gasteiger partial charge < -0.3 is 10.6 Å². The number of nitrogens with one attached hydrogen (secondary N) is 2. The van der Waals surface area contributed by atoms with E-state index < -0.39 is 0 Å². The Kier molecular flexibility index (Phi) is 8.21. The second-order valence-electron chi connectivity index (χ2n) is 9.35. The van der Waals surface area contributed by atoms with Crippen LogP contribution >= 0.6 is 0 Å². The zero-order valence-electron chi connectivity index (χ0n) is 19.2. The monoisotopic (exact) mass is 412 g/mol. The molecule has 164 valence electrons. The molecular weight excluding hydrogens is 376 g/mol. The molecule has 1 aromatic carbocycles. The number of carbonyl (C=O) groups excluding carboxylic acids is 2. The Bertz CT molecular complexity index is 862. The Morgan fingerprint density at radius 3 is 2.43 bits per heavy atom. The van der Waals surface area contributed by atoms with Crippen molar-refractivity contribution >= 4 is 17.6 Å². The molecule has 2 amide bonds. The van der Waals surface area contributed by atoms with E-state index in [9.17, 15) is 9.59 Å². The van der Waals surface area contributed by atoms with Crippen LogP contribution in [-0.4, -0.2) is 28.1 Å². The Morgan fingerprint density at radius 2 is 1.80 bits per heavy atom. The average molecular weight is 413 g/mol. The molecule has 6 heteroatoms. The van der Waals surface area contributed by atoms with E-state index in [2.05, 4.69) is 45.3 Å². The summed E-state index contributed by atoms with van der Waals surface area (Å²) in [6, 6.07) is 9.95. The molecule has 30 heavy (non-hydrogen) atoms. The van der Waals surface area contributed by atoms with E-state index in [1.807, 2.05) is 37.3 Å². The van der Waals surface area contributed by atoms with E-state index in [0.29, 0.717) is 37.5 Å². The molecule has 1 heterocycles. The summed E-state index contributed by atoms with van der Waals surface area (Å²) in [5.41, 5.74) is 2.80. The number of benzene rings is 1. The molecular formula is C24H36N4O2. The van der Waals surface area contributed by atoms with Crippen LogP contribution in [-0.2, 0) is 15.0 Å². The fraction of sp³-hybridized carbons (Fsp3) is 0.542. The lowest BCUT2D eigenvalue weighted by atomic mass is 9.92. The highest BCUT2D eigenvalue weighted by atomic mass is 16.2. The molecule has 0 aliphatic rings. The molecule has 0 atom stereocenters. The zero-order chi connectivity index (χ0) is 22.3. The van der Waals surface area contributed by atoms with E-state index >= 15 is 0 Å². The Morgan fingerprint density at radius 1 is 1.10 bits per heavy atom. The van der Waals surface area contributed by atoms with Gasteiger partial charge in [-0.15, -0.1) is 0 Å². The van der Waals surface area contributed by atoms with Crippen LogP contribution in [0.3, 0.4) is 0 Å². The van der Waals surface area contributed by atoms with Crippen molar-refractivity contribution in [2.45, 2.75) is 72.6 Å². The third-order valence-electron chi connectivity index (χ3n) is 4.84. The van der Waals surface area contributed by atoms with Crippen molar-refractivity contribution in [3.63, 3.8) is 0 Å². The van der Waals surface area contributed by atoms with Crippen LogP contribution in [0, 0.1) is 12.8 Å².